The molecule has 0 radical (unpaired) electrons. The Morgan fingerprint density at radius 3 is 2.41 bits per heavy atom. The van der Waals surface area contributed by atoms with Crippen LogP contribution in [0.5, 0.6) is 0 Å². The molecular formula is C20H22F3N3O4S2. The molecule has 12 heteroatoms. The van der Waals surface area contributed by atoms with Gasteiger partial charge in [0.25, 0.3) is 15.9 Å². The number of halogens is 3. The molecule has 1 unspecified atom stereocenters. The minimum absolute atomic E-state index is 0.0750. The predicted octanol–water partition coefficient (Wildman–Crippen LogP) is 2.71. The highest BCUT2D eigenvalue weighted by Crippen LogP contribution is 2.29. The van der Waals surface area contributed by atoms with Gasteiger partial charge in [0.1, 0.15) is 4.21 Å². The fraction of sp³-hybridized carbons (Fsp3) is 0.400. The SMILES string of the molecule is O=C(NCCNC(=O)C1CCCN(S(=O)(=O)c2cccs2)C1)c1ccc(C(F)(F)F)cc1. The summed E-state index contributed by atoms with van der Waals surface area (Å²) in [5.74, 6) is -1.36. The van der Waals surface area contributed by atoms with Gasteiger partial charge in [-0.25, -0.2) is 8.42 Å². The molecule has 2 N–H and O–H groups in total. The number of thiophene rings is 1. The minimum Gasteiger partial charge on any atom is -0.354 e. The first-order chi connectivity index (χ1) is 15.1. The van der Waals surface area contributed by atoms with Gasteiger partial charge >= 0.3 is 6.18 Å². The number of alkyl halides is 3. The molecule has 1 aromatic carbocycles. The standard InChI is InChI=1S/C20H22F3N3O4S2/c21-20(22,23)16-7-5-14(6-8-16)18(27)24-9-10-25-19(28)15-3-1-11-26(13-15)32(29,30)17-4-2-12-31-17/h2,4-8,12,15H,1,3,9-11,13H2,(H,24,27)(H,25,28). The Bertz CT molecular complexity index is 1040. The second-order valence-electron chi connectivity index (χ2n) is 7.26. The minimum atomic E-state index is -4.48. The zero-order valence-corrected chi connectivity index (χ0v) is 18.5. The number of nitrogens with zero attached hydrogens (tertiary/aromatic N) is 1. The van der Waals surface area contributed by atoms with E-state index in [1.165, 1.54) is 10.4 Å². The molecule has 2 amide bonds. The van der Waals surface area contributed by atoms with Gasteiger partial charge < -0.3 is 10.6 Å². The summed E-state index contributed by atoms with van der Waals surface area (Å²) in [4.78, 5) is 24.5. The van der Waals surface area contributed by atoms with E-state index < -0.39 is 33.6 Å². The van der Waals surface area contributed by atoms with Crippen molar-refractivity contribution in [1.82, 2.24) is 14.9 Å². The van der Waals surface area contributed by atoms with E-state index in [0.29, 0.717) is 19.4 Å². The summed E-state index contributed by atoms with van der Waals surface area (Å²) in [6.07, 6.45) is -3.36. The molecule has 174 valence electrons. The number of hydrogen-bond acceptors (Lipinski definition) is 5. The summed E-state index contributed by atoms with van der Waals surface area (Å²) in [5.41, 5.74) is -0.769. The average molecular weight is 490 g/mol. The van der Waals surface area contributed by atoms with Crippen molar-refractivity contribution in [3.8, 4) is 0 Å². The van der Waals surface area contributed by atoms with Crippen molar-refractivity contribution in [2.45, 2.75) is 23.2 Å². The van der Waals surface area contributed by atoms with Gasteiger partial charge in [-0.05, 0) is 48.6 Å². The number of carbonyl (C=O) groups excluding carboxylic acids is 2. The van der Waals surface area contributed by atoms with E-state index in [1.54, 1.807) is 11.4 Å². The predicted molar refractivity (Wildman–Crippen MR) is 113 cm³/mol. The Balaban J connectivity index is 1.45. The van der Waals surface area contributed by atoms with E-state index in [4.69, 9.17) is 0 Å². The topological polar surface area (TPSA) is 95.6 Å². The zero-order valence-electron chi connectivity index (χ0n) is 16.9. The van der Waals surface area contributed by atoms with E-state index in [2.05, 4.69) is 10.6 Å². The van der Waals surface area contributed by atoms with Crippen molar-refractivity contribution in [3.05, 3.63) is 52.9 Å². The molecule has 2 aromatic rings. The maximum Gasteiger partial charge on any atom is 0.416 e. The number of piperidine rings is 1. The molecule has 2 heterocycles. The van der Waals surface area contributed by atoms with Gasteiger partial charge in [0.05, 0.1) is 11.5 Å². The number of carbonyl (C=O) groups is 2. The summed E-state index contributed by atoms with van der Waals surface area (Å²) in [5, 5.41) is 6.88. The van der Waals surface area contributed by atoms with Crippen LogP contribution in [-0.4, -0.2) is 50.7 Å². The number of hydrogen-bond donors (Lipinski definition) is 2. The molecule has 0 aliphatic carbocycles. The quantitative estimate of drug-likeness (QED) is 0.585. The Morgan fingerprint density at radius 2 is 1.78 bits per heavy atom. The largest absolute Gasteiger partial charge is 0.416 e. The lowest BCUT2D eigenvalue weighted by molar-refractivity contribution is -0.137. The monoisotopic (exact) mass is 489 g/mol. The second kappa shape index (κ2) is 10.0. The van der Waals surface area contributed by atoms with Crippen LogP contribution in [0, 0.1) is 5.92 Å². The fourth-order valence-electron chi connectivity index (χ4n) is 3.33. The lowest BCUT2D eigenvalue weighted by Crippen LogP contribution is -2.46. The molecule has 1 aliphatic rings. The first-order valence-corrected chi connectivity index (χ1v) is 12.2. The molecule has 7 nitrogen and oxygen atoms in total. The van der Waals surface area contributed by atoms with Crippen LogP contribution in [0.1, 0.15) is 28.8 Å². The summed E-state index contributed by atoms with van der Waals surface area (Å²) in [7, 11) is -3.62. The lowest BCUT2D eigenvalue weighted by atomic mass is 9.99. The third kappa shape index (κ3) is 5.87. The van der Waals surface area contributed by atoms with Crippen molar-refractivity contribution in [1.29, 1.82) is 0 Å². The van der Waals surface area contributed by atoms with Crippen LogP contribution < -0.4 is 10.6 Å². The van der Waals surface area contributed by atoms with E-state index in [-0.39, 0.29) is 35.3 Å². The number of nitrogens with one attached hydrogen (secondary N) is 2. The van der Waals surface area contributed by atoms with Crippen molar-refractivity contribution < 1.29 is 31.2 Å². The van der Waals surface area contributed by atoms with Crippen LogP contribution in [0.2, 0.25) is 0 Å². The molecule has 1 fully saturated rings. The van der Waals surface area contributed by atoms with Crippen molar-refractivity contribution in [3.63, 3.8) is 0 Å². The van der Waals surface area contributed by atoms with Crippen LogP contribution in [-0.2, 0) is 21.0 Å². The Labute approximate surface area is 187 Å². The van der Waals surface area contributed by atoms with Crippen LogP contribution in [0.4, 0.5) is 13.2 Å². The van der Waals surface area contributed by atoms with Gasteiger partial charge in [0.2, 0.25) is 5.91 Å². The van der Waals surface area contributed by atoms with E-state index in [9.17, 15) is 31.2 Å². The molecule has 32 heavy (non-hydrogen) atoms. The van der Waals surface area contributed by atoms with Crippen molar-refractivity contribution in [2.24, 2.45) is 5.92 Å². The fourth-order valence-corrected chi connectivity index (χ4v) is 6.00. The van der Waals surface area contributed by atoms with Crippen molar-refractivity contribution in [2.75, 3.05) is 26.2 Å². The van der Waals surface area contributed by atoms with E-state index >= 15 is 0 Å². The molecule has 1 atom stereocenters. The first-order valence-electron chi connectivity index (χ1n) is 9.86. The van der Waals surface area contributed by atoms with Crippen LogP contribution >= 0.6 is 11.3 Å². The summed E-state index contributed by atoms with van der Waals surface area (Å²) in [6.45, 7) is 0.631. The number of amides is 2. The highest BCUT2D eigenvalue weighted by molar-refractivity contribution is 7.91. The number of benzene rings is 1. The summed E-state index contributed by atoms with van der Waals surface area (Å²) in [6, 6.07) is 7.02. The van der Waals surface area contributed by atoms with Gasteiger partial charge in [-0.3, -0.25) is 9.59 Å². The third-order valence-corrected chi connectivity index (χ3v) is 8.27. The van der Waals surface area contributed by atoms with Gasteiger partial charge in [-0.15, -0.1) is 11.3 Å². The summed E-state index contributed by atoms with van der Waals surface area (Å²) >= 11 is 1.13. The number of sulfonamides is 1. The maximum atomic E-state index is 12.7. The molecule has 1 aromatic heterocycles. The highest BCUT2D eigenvalue weighted by Gasteiger charge is 2.33. The summed E-state index contributed by atoms with van der Waals surface area (Å²) < 4.78 is 64.6. The molecule has 1 saturated heterocycles. The Kier molecular flexibility index (Phi) is 7.57. The molecule has 3 rings (SSSR count). The lowest BCUT2D eigenvalue weighted by Gasteiger charge is -2.30. The van der Waals surface area contributed by atoms with E-state index in [1.807, 2.05) is 0 Å². The van der Waals surface area contributed by atoms with Crippen molar-refractivity contribution >= 4 is 33.2 Å². The smallest absolute Gasteiger partial charge is 0.354 e. The van der Waals surface area contributed by atoms with Gasteiger partial charge in [0, 0.05) is 31.7 Å². The molecule has 0 spiro atoms. The van der Waals surface area contributed by atoms with Gasteiger partial charge in [0.15, 0.2) is 0 Å². The third-order valence-electron chi connectivity index (χ3n) is 5.03. The number of rotatable bonds is 7. The molecule has 0 saturated carbocycles. The second-order valence-corrected chi connectivity index (χ2v) is 10.4. The first kappa shape index (κ1) is 24.2. The van der Waals surface area contributed by atoms with Crippen LogP contribution in [0.15, 0.2) is 46.0 Å². The normalized spacial score (nSPS) is 17.7. The van der Waals surface area contributed by atoms with Crippen LogP contribution in [0.3, 0.4) is 0 Å². The van der Waals surface area contributed by atoms with E-state index in [0.717, 1.165) is 35.6 Å². The van der Waals surface area contributed by atoms with Gasteiger partial charge in [-0.1, -0.05) is 6.07 Å². The van der Waals surface area contributed by atoms with Crippen LogP contribution in [0.25, 0.3) is 0 Å². The highest BCUT2D eigenvalue weighted by atomic mass is 32.2. The van der Waals surface area contributed by atoms with Gasteiger partial charge in [-0.2, -0.15) is 17.5 Å². The molecule has 0 bridgehead atoms. The zero-order chi connectivity index (χ0) is 23.4. The average Bonchev–Trinajstić information content (AvgIpc) is 3.32. The Morgan fingerprint density at radius 1 is 1.09 bits per heavy atom. The molecular weight excluding hydrogens is 467 g/mol. The molecule has 1 aliphatic heterocycles. The maximum absolute atomic E-state index is 12.7. The Hall–Kier alpha value is -2.44.